The molecule has 0 unspecified atom stereocenters. The monoisotopic (exact) mass is 271 g/mol. The van der Waals surface area contributed by atoms with Crippen LogP contribution in [0.15, 0.2) is 29.6 Å². The van der Waals surface area contributed by atoms with E-state index in [2.05, 4.69) is 15.2 Å². The Morgan fingerprint density at radius 2 is 1.72 bits per heavy atom. The Balaban J connectivity index is 2.58. The fourth-order valence-electron chi connectivity index (χ4n) is 1.29. The molecule has 0 saturated carbocycles. The van der Waals surface area contributed by atoms with Crippen LogP contribution in [0.3, 0.4) is 0 Å². The lowest BCUT2D eigenvalue weighted by atomic mass is 10.1. The van der Waals surface area contributed by atoms with E-state index in [4.69, 9.17) is 0 Å². The molecule has 0 bridgehead atoms. The third-order valence-corrected chi connectivity index (χ3v) is 2.87. The highest BCUT2D eigenvalue weighted by Crippen LogP contribution is 2.19. The lowest BCUT2D eigenvalue weighted by Crippen LogP contribution is -2.06. The predicted molar refractivity (Wildman–Crippen MR) is 58.3 cm³/mol. The second kappa shape index (κ2) is 4.37. The maximum atomic E-state index is 13.0. The van der Waals surface area contributed by atoms with Crippen molar-refractivity contribution in [1.29, 1.82) is 0 Å². The molecule has 0 saturated heterocycles. The van der Waals surface area contributed by atoms with E-state index >= 15 is 0 Å². The van der Waals surface area contributed by atoms with Crippen LogP contribution in [0.2, 0.25) is 0 Å². The average Bonchev–Trinajstić information content (AvgIpc) is 2.27. The van der Waals surface area contributed by atoms with Gasteiger partial charge in [-0.2, -0.15) is 5.10 Å². The summed E-state index contributed by atoms with van der Waals surface area (Å²) in [7, 11) is -3.63. The van der Waals surface area contributed by atoms with Gasteiger partial charge in [-0.3, -0.25) is 0 Å². The van der Waals surface area contributed by atoms with Gasteiger partial charge in [0, 0.05) is 17.9 Å². The van der Waals surface area contributed by atoms with Crippen LogP contribution in [0.5, 0.6) is 0 Å². The summed E-state index contributed by atoms with van der Waals surface area (Å²) in [5.41, 5.74) is 0.121. The summed E-state index contributed by atoms with van der Waals surface area (Å²) in [6.45, 7) is 0. The number of nitrogens with zero attached hydrogens (tertiary/aromatic N) is 3. The van der Waals surface area contributed by atoms with E-state index in [0.29, 0.717) is 6.07 Å². The maximum absolute atomic E-state index is 13.0. The summed E-state index contributed by atoms with van der Waals surface area (Å²) in [6.07, 6.45) is 2.04. The minimum absolute atomic E-state index is 0.0313. The molecule has 0 atom stereocenters. The van der Waals surface area contributed by atoms with Gasteiger partial charge in [-0.15, -0.1) is 5.10 Å². The van der Waals surface area contributed by atoms with Gasteiger partial charge in [0.05, 0.1) is 11.9 Å². The molecule has 0 aliphatic carbocycles. The highest BCUT2D eigenvalue weighted by atomic mass is 32.2. The summed E-state index contributed by atoms with van der Waals surface area (Å²) in [5, 5.41) is 6.30. The van der Waals surface area contributed by atoms with Crippen molar-refractivity contribution in [3.63, 3.8) is 0 Å². The second-order valence-corrected chi connectivity index (χ2v) is 5.46. The molecule has 0 N–H and O–H groups in total. The van der Waals surface area contributed by atoms with Gasteiger partial charge in [0.25, 0.3) is 5.16 Å². The topological polar surface area (TPSA) is 72.8 Å². The average molecular weight is 271 g/mol. The number of hydrogen-bond acceptors (Lipinski definition) is 5. The molecule has 18 heavy (non-hydrogen) atoms. The lowest BCUT2D eigenvalue weighted by molar-refractivity contribution is 0.583. The number of benzene rings is 1. The van der Waals surface area contributed by atoms with Crippen molar-refractivity contribution in [2.45, 2.75) is 5.16 Å². The first-order chi connectivity index (χ1) is 8.36. The smallest absolute Gasteiger partial charge is 0.221 e. The van der Waals surface area contributed by atoms with Crippen LogP contribution < -0.4 is 0 Å². The van der Waals surface area contributed by atoms with Crippen LogP contribution in [-0.2, 0) is 9.84 Å². The minimum atomic E-state index is -3.63. The van der Waals surface area contributed by atoms with E-state index < -0.39 is 26.6 Å². The first-order valence-electron chi connectivity index (χ1n) is 4.72. The molecule has 0 spiro atoms. The summed E-state index contributed by atoms with van der Waals surface area (Å²) >= 11 is 0. The first kappa shape index (κ1) is 12.5. The molecule has 8 heteroatoms. The zero-order valence-electron chi connectivity index (χ0n) is 9.13. The van der Waals surface area contributed by atoms with E-state index in [-0.39, 0.29) is 11.3 Å². The van der Waals surface area contributed by atoms with Crippen molar-refractivity contribution in [3.8, 4) is 11.3 Å². The fourth-order valence-corrected chi connectivity index (χ4v) is 1.74. The molecule has 5 nitrogen and oxygen atoms in total. The molecular formula is C10H7F2N3O2S. The Bertz CT molecular complexity index is 684. The Kier molecular flexibility index (Phi) is 3.04. The van der Waals surface area contributed by atoms with Gasteiger partial charge in [-0.1, -0.05) is 0 Å². The molecule has 0 aliphatic heterocycles. The van der Waals surface area contributed by atoms with Crippen LogP contribution in [-0.4, -0.2) is 29.9 Å². The van der Waals surface area contributed by atoms with Crippen molar-refractivity contribution < 1.29 is 17.2 Å². The normalized spacial score (nSPS) is 11.5. The van der Waals surface area contributed by atoms with Gasteiger partial charge in [0.15, 0.2) is 0 Å². The standard InChI is InChI=1S/C10H7F2N3O2S/c1-18(16,17)10-14-9(5-13-15-10)6-2-7(11)4-8(12)3-6/h2-5H,1H3. The second-order valence-electron chi connectivity index (χ2n) is 3.55. The highest BCUT2D eigenvalue weighted by Gasteiger charge is 2.14. The van der Waals surface area contributed by atoms with Gasteiger partial charge in [0.1, 0.15) is 11.6 Å². The summed E-state index contributed by atoms with van der Waals surface area (Å²) in [5.74, 6) is -1.57. The molecule has 1 heterocycles. The predicted octanol–water partition coefficient (Wildman–Crippen LogP) is 1.22. The van der Waals surface area contributed by atoms with E-state index in [1.165, 1.54) is 0 Å². The van der Waals surface area contributed by atoms with E-state index in [1.54, 1.807) is 0 Å². The van der Waals surface area contributed by atoms with Crippen LogP contribution in [0.1, 0.15) is 0 Å². The van der Waals surface area contributed by atoms with Gasteiger partial charge >= 0.3 is 0 Å². The van der Waals surface area contributed by atoms with E-state index in [0.717, 1.165) is 24.6 Å². The van der Waals surface area contributed by atoms with Gasteiger partial charge < -0.3 is 0 Å². The van der Waals surface area contributed by atoms with Gasteiger partial charge in [-0.05, 0) is 12.1 Å². The molecule has 0 aliphatic rings. The molecule has 0 amide bonds. The Labute approximate surface area is 101 Å². The zero-order valence-corrected chi connectivity index (χ0v) is 9.95. The Hall–Kier alpha value is -1.96. The van der Waals surface area contributed by atoms with Crippen LogP contribution >= 0.6 is 0 Å². The molecule has 0 radical (unpaired) electrons. The number of rotatable bonds is 2. The molecule has 0 fully saturated rings. The molecular weight excluding hydrogens is 264 g/mol. The Morgan fingerprint density at radius 1 is 1.11 bits per heavy atom. The van der Waals surface area contributed by atoms with Crippen molar-refractivity contribution >= 4 is 9.84 Å². The largest absolute Gasteiger partial charge is 0.267 e. The van der Waals surface area contributed by atoms with Crippen LogP contribution in [0.4, 0.5) is 8.78 Å². The van der Waals surface area contributed by atoms with Crippen molar-refractivity contribution in [1.82, 2.24) is 15.2 Å². The quantitative estimate of drug-likeness (QED) is 0.821. The lowest BCUT2D eigenvalue weighted by Gasteiger charge is -2.02. The Morgan fingerprint density at radius 3 is 2.28 bits per heavy atom. The number of sulfone groups is 1. The zero-order chi connectivity index (χ0) is 13.3. The fraction of sp³-hybridized carbons (Fsp3) is 0.100. The van der Waals surface area contributed by atoms with E-state index in [1.807, 2.05) is 0 Å². The van der Waals surface area contributed by atoms with Crippen molar-refractivity contribution in [3.05, 3.63) is 36.0 Å². The number of halogens is 2. The molecule has 1 aromatic carbocycles. The third kappa shape index (κ3) is 2.65. The molecule has 2 aromatic rings. The summed E-state index contributed by atoms with van der Waals surface area (Å²) < 4.78 is 48.5. The molecule has 1 aromatic heterocycles. The third-order valence-electron chi connectivity index (χ3n) is 2.03. The molecule has 94 valence electrons. The number of hydrogen-bond donors (Lipinski definition) is 0. The number of aromatic nitrogens is 3. The van der Waals surface area contributed by atoms with Crippen molar-refractivity contribution in [2.75, 3.05) is 6.26 Å². The van der Waals surface area contributed by atoms with Crippen LogP contribution in [0.25, 0.3) is 11.3 Å². The minimum Gasteiger partial charge on any atom is -0.221 e. The first-order valence-corrected chi connectivity index (χ1v) is 6.61. The molecule has 2 rings (SSSR count). The maximum Gasteiger partial charge on any atom is 0.267 e. The van der Waals surface area contributed by atoms with Gasteiger partial charge in [0.2, 0.25) is 9.84 Å². The summed E-state index contributed by atoms with van der Waals surface area (Å²) in [4.78, 5) is 3.70. The van der Waals surface area contributed by atoms with Gasteiger partial charge in [-0.25, -0.2) is 22.2 Å². The van der Waals surface area contributed by atoms with Crippen LogP contribution in [0, 0.1) is 11.6 Å². The highest BCUT2D eigenvalue weighted by molar-refractivity contribution is 7.90. The van der Waals surface area contributed by atoms with Crippen molar-refractivity contribution in [2.24, 2.45) is 0 Å². The van der Waals surface area contributed by atoms with E-state index in [9.17, 15) is 17.2 Å². The summed E-state index contributed by atoms with van der Waals surface area (Å²) in [6, 6.07) is 2.76. The SMILES string of the molecule is CS(=O)(=O)c1nncc(-c2cc(F)cc(F)c2)n1.